The predicted molar refractivity (Wildman–Crippen MR) is 264 cm³/mol. The highest BCUT2D eigenvalue weighted by molar-refractivity contribution is 5.99. The lowest BCUT2D eigenvalue weighted by Crippen LogP contribution is -2.60. The number of nitrogens with two attached hydrogens (primary N) is 3. The molecule has 0 aromatic heterocycles. The maximum atomic E-state index is 13.6. The predicted octanol–water partition coefficient (Wildman–Crippen LogP) is -6.86. The number of rotatable bonds is 36. The highest BCUT2D eigenvalue weighted by atomic mass is 16.4. The number of carboxylic acid groups (broad SMARTS) is 4. The van der Waals surface area contributed by atoms with Gasteiger partial charge in [0, 0.05) is 25.9 Å². The second kappa shape index (κ2) is 33.9. The van der Waals surface area contributed by atoms with Crippen LogP contribution in [0.25, 0.3) is 0 Å². The third-order valence-corrected chi connectivity index (χ3v) is 10.7. The average Bonchev–Trinajstić information content (AvgIpc) is 3.33. The zero-order valence-corrected chi connectivity index (χ0v) is 41.6. The molecule has 0 unspecified atom stereocenters. The first-order valence-electron chi connectivity index (χ1n) is 23.5. The van der Waals surface area contributed by atoms with Crippen molar-refractivity contribution in [3.63, 3.8) is 0 Å². The molecule has 0 aliphatic heterocycles. The average molecular weight is 1080 g/mol. The first kappa shape index (κ1) is 65.3. The lowest BCUT2D eigenvalue weighted by Gasteiger charge is -2.27. The van der Waals surface area contributed by atoms with E-state index in [-0.39, 0.29) is 51.2 Å². The minimum Gasteiger partial charge on any atom is -0.481 e. The van der Waals surface area contributed by atoms with Crippen molar-refractivity contribution >= 4 is 83.1 Å². The smallest absolute Gasteiger partial charge is 0.326 e. The van der Waals surface area contributed by atoms with Crippen molar-refractivity contribution in [3.8, 4) is 0 Å². The molecule has 0 spiro atoms. The van der Waals surface area contributed by atoms with Gasteiger partial charge in [-0.1, -0.05) is 44.2 Å². The van der Waals surface area contributed by atoms with Gasteiger partial charge >= 0.3 is 23.9 Å². The van der Waals surface area contributed by atoms with Gasteiger partial charge in [-0.3, -0.25) is 63.6 Å². The van der Waals surface area contributed by atoms with Gasteiger partial charge in [0.15, 0.2) is 11.9 Å². The Hall–Kier alpha value is -8.68. The summed E-state index contributed by atoms with van der Waals surface area (Å²) < 4.78 is 0. The van der Waals surface area contributed by atoms with Gasteiger partial charge in [-0.15, -0.1) is 0 Å². The lowest BCUT2D eigenvalue weighted by atomic mass is 10.0. The largest absolute Gasteiger partial charge is 0.481 e. The van der Waals surface area contributed by atoms with Crippen LogP contribution in [0.3, 0.4) is 0 Å². The molecule has 0 aliphatic rings. The molecular formula is C44H69N15O17. The number of aliphatic hydroxyl groups is 1. The van der Waals surface area contributed by atoms with Crippen molar-refractivity contribution in [3.05, 3.63) is 35.9 Å². The summed E-state index contributed by atoms with van der Waals surface area (Å²) in [4.78, 5) is 153. The van der Waals surface area contributed by atoms with E-state index in [0.717, 1.165) is 0 Å². The molecule has 32 nitrogen and oxygen atoms in total. The molecule has 0 saturated carbocycles. The summed E-state index contributed by atoms with van der Waals surface area (Å²) in [6, 6.07) is -5.08. The van der Waals surface area contributed by atoms with E-state index in [1.807, 2.05) is 5.32 Å². The van der Waals surface area contributed by atoms with Crippen molar-refractivity contribution in [2.45, 2.75) is 120 Å². The van der Waals surface area contributed by atoms with Crippen molar-refractivity contribution in [2.24, 2.45) is 23.1 Å². The summed E-state index contributed by atoms with van der Waals surface area (Å²) in [6.45, 7) is 0.955. The Balaban J connectivity index is 3.16. The SMILES string of the molecule is CC(C)[C@H](NC(=O)[C@H](CO)NC(=O)CNC(=O)[C@H](CC(=O)O)NC(=O)[C@H](CCC(=O)O)NC(=O)[C@H](CCCNC(=N)N)NC(=O)[C@@H](N)CCCNC(=N)N)C(=O)N[C@@H](CC(=O)O)C(=O)N[C@@H](Cc1ccccc1)C(=O)O. The van der Waals surface area contributed by atoms with Crippen LogP contribution in [0.1, 0.15) is 70.8 Å². The van der Waals surface area contributed by atoms with E-state index in [1.54, 1.807) is 30.3 Å². The minimum absolute atomic E-state index is 0.0486. The van der Waals surface area contributed by atoms with Gasteiger partial charge in [0.25, 0.3) is 0 Å². The number of guanidine groups is 2. The van der Waals surface area contributed by atoms with Gasteiger partial charge in [-0.25, -0.2) is 4.79 Å². The van der Waals surface area contributed by atoms with E-state index in [1.165, 1.54) is 13.8 Å². The Morgan fingerprint density at radius 2 is 0.987 bits per heavy atom. The van der Waals surface area contributed by atoms with Crippen LogP contribution in [-0.4, -0.2) is 183 Å². The number of carbonyl (C=O) groups excluding carboxylic acids is 8. The number of nitrogens with one attached hydrogen (secondary N) is 12. The molecular weight excluding hydrogens is 1010 g/mol. The summed E-state index contributed by atoms with van der Waals surface area (Å²) in [5, 5.41) is 85.4. The molecule has 8 atom stereocenters. The summed E-state index contributed by atoms with van der Waals surface area (Å²) >= 11 is 0. The molecule has 0 saturated heterocycles. The molecule has 0 radical (unpaired) electrons. The Morgan fingerprint density at radius 3 is 1.49 bits per heavy atom. The minimum atomic E-state index is -2.00. The van der Waals surface area contributed by atoms with E-state index in [0.29, 0.717) is 5.56 Å². The molecule has 8 amide bonds. The molecule has 76 heavy (non-hydrogen) atoms. The van der Waals surface area contributed by atoms with E-state index in [2.05, 4.69) is 47.9 Å². The Labute approximate surface area is 434 Å². The van der Waals surface area contributed by atoms with Crippen LogP contribution in [0.2, 0.25) is 0 Å². The fraction of sp³-hybridized carbons (Fsp3) is 0.545. The van der Waals surface area contributed by atoms with E-state index in [9.17, 15) is 83.1 Å². The second-order valence-corrected chi connectivity index (χ2v) is 17.3. The summed E-state index contributed by atoms with van der Waals surface area (Å²) in [7, 11) is 0. The van der Waals surface area contributed by atoms with Gasteiger partial charge in [0.05, 0.1) is 32.0 Å². The normalized spacial score (nSPS) is 13.9. The Bertz CT molecular complexity index is 2240. The van der Waals surface area contributed by atoms with Crippen LogP contribution in [0.5, 0.6) is 0 Å². The van der Waals surface area contributed by atoms with Crippen molar-refractivity contribution in [1.29, 1.82) is 10.8 Å². The van der Waals surface area contributed by atoms with Crippen LogP contribution in [0.15, 0.2) is 30.3 Å². The van der Waals surface area contributed by atoms with Gasteiger partial charge in [-0.05, 0) is 43.6 Å². The number of aliphatic hydroxyl groups excluding tert-OH is 1. The number of aliphatic carboxylic acids is 4. The fourth-order valence-electron chi connectivity index (χ4n) is 6.70. The fourth-order valence-corrected chi connectivity index (χ4v) is 6.70. The molecule has 1 aromatic carbocycles. The monoisotopic (exact) mass is 1080 g/mol. The van der Waals surface area contributed by atoms with Gasteiger partial charge in [-0.2, -0.15) is 0 Å². The molecule has 1 aromatic rings. The number of carboxylic acids is 4. The molecule has 0 bridgehead atoms. The quantitative estimate of drug-likeness (QED) is 0.0169. The first-order chi connectivity index (χ1) is 35.6. The van der Waals surface area contributed by atoms with Crippen LogP contribution in [-0.2, 0) is 64.0 Å². The number of carbonyl (C=O) groups is 12. The van der Waals surface area contributed by atoms with E-state index in [4.69, 9.17) is 28.0 Å². The molecule has 32 heteroatoms. The van der Waals surface area contributed by atoms with Crippen LogP contribution in [0, 0.1) is 16.7 Å². The second-order valence-electron chi connectivity index (χ2n) is 17.3. The third kappa shape index (κ3) is 26.3. The zero-order valence-electron chi connectivity index (χ0n) is 41.6. The van der Waals surface area contributed by atoms with E-state index >= 15 is 0 Å². The van der Waals surface area contributed by atoms with Crippen LogP contribution in [0.4, 0.5) is 0 Å². The lowest BCUT2D eigenvalue weighted by molar-refractivity contribution is -0.144. The first-order valence-corrected chi connectivity index (χ1v) is 23.5. The molecule has 422 valence electrons. The maximum absolute atomic E-state index is 13.6. The zero-order chi connectivity index (χ0) is 57.7. The van der Waals surface area contributed by atoms with Crippen molar-refractivity contribution in [2.75, 3.05) is 26.2 Å². The molecule has 0 aliphatic carbocycles. The maximum Gasteiger partial charge on any atom is 0.326 e. The van der Waals surface area contributed by atoms with E-state index < -0.39 is 170 Å². The van der Waals surface area contributed by atoms with Gasteiger partial charge in [0.1, 0.15) is 42.3 Å². The number of hydrogen-bond acceptors (Lipinski definition) is 16. The summed E-state index contributed by atoms with van der Waals surface area (Å²) in [6.07, 6.45) is -3.42. The third-order valence-electron chi connectivity index (χ3n) is 10.7. The summed E-state index contributed by atoms with van der Waals surface area (Å²) in [5.74, 6) is -16.8. The van der Waals surface area contributed by atoms with Crippen molar-refractivity contribution in [1.82, 2.24) is 53.2 Å². The van der Waals surface area contributed by atoms with Crippen LogP contribution < -0.4 is 70.4 Å². The molecule has 0 heterocycles. The highest BCUT2D eigenvalue weighted by Gasteiger charge is 2.35. The molecule has 1 rings (SSSR count). The standard InChI is InChI=1S/C44H69N15O17/c1-21(2)34(41(74)57-27(18-33(66)67)39(72)58-28(42(75)76)16-22-8-4-3-5-9-22)59-40(73)29(20-60)53-30(61)19-52-36(69)26(17-32(64)65)56-38(71)25(12-13-31(62)63)55-37(70)24(11-7-15-51-44(48)49)54-35(68)23(45)10-6-14-50-43(46)47/h3-5,8-9,21,23-29,34,60H,6-7,10-20,45H2,1-2H3,(H,52,69)(H,53,61)(H,54,68)(H,55,70)(H,56,71)(H,57,74)(H,58,72)(H,59,73)(H,62,63)(H,64,65)(H,66,67)(H,75,76)(H4,46,47,50)(H4,48,49,51)/t23-,24-,25-,26-,27-,28-,29-,34-/m0/s1. The molecule has 0 fully saturated rings. The number of hydrogen-bond donors (Lipinski definition) is 20. The van der Waals surface area contributed by atoms with Gasteiger partial charge in [0.2, 0.25) is 47.3 Å². The Morgan fingerprint density at radius 1 is 0.526 bits per heavy atom. The highest BCUT2D eigenvalue weighted by Crippen LogP contribution is 2.09. The van der Waals surface area contributed by atoms with Gasteiger partial charge < -0.3 is 95.9 Å². The Kier molecular flexibility index (Phi) is 29.2. The summed E-state index contributed by atoms with van der Waals surface area (Å²) in [5.41, 5.74) is 17.0. The number of benzene rings is 1. The van der Waals surface area contributed by atoms with Crippen molar-refractivity contribution < 1.29 is 83.1 Å². The number of amides is 8. The molecule has 23 N–H and O–H groups in total. The van der Waals surface area contributed by atoms with Crippen LogP contribution >= 0.6 is 0 Å². The topological polar surface area (TPSA) is 552 Å².